The first kappa shape index (κ1) is 14.7. The fraction of sp³-hybridized carbons (Fsp3) is 0.625. The Morgan fingerprint density at radius 2 is 2.24 bits per heavy atom. The summed E-state index contributed by atoms with van der Waals surface area (Å²) in [4.78, 5) is 5.21. The van der Waals surface area contributed by atoms with E-state index in [0.29, 0.717) is 11.1 Å². The number of nitrogens with one attached hydrogen (secondary N) is 1. The highest BCUT2D eigenvalue weighted by Crippen LogP contribution is 2.25. The molecule has 3 rings (SSSR count). The quantitative estimate of drug-likeness (QED) is 0.819. The van der Waals surface area contributed by atoms with Gasteiger partial charge in [0, 0.05) is 18.8 Å². The monoisotopic (exact) mass is 305 g/mol. The number of aryl methyl sites for hydroxylation is 2. The topological polar surface area (TPSA) is 60.2 Å². The van der Waals surface area contributed by atoms with Crippen molar-refractivity contribution in [3.05, 3.63) is 22.9 Å². The van der Waals surface area contributed by atoms with Gasteiger partial charge in [-0.25, -0.2) is 4.98 Å². The SMILES string of the molecule is NC(=S)c1cc2c(nc1NCCC1CCCO1)CCCC2. The highest BCUT2D eigenvalue weighted by molar-refractivity contribution is 7.80. The Morgan fingerprint density at radius 3 is 3.00 bits per heavy atom. The number of aromatic nitrogens is 1. The summed E-state index contributed by atoms with van der Waals surface area (Å²) < 4.78 is 5.65. The molecular formula is C16H23N3OS. The normalized spacial score (nSPS) is 21.0. The van der Waals surface area contributed by atoms with Gasteiger partial charge in [-0.3, -0.25) is 0 Å². The molecule has 2 aliphatic rings. The molecule has 1 aromatic heterocycles. The van der Waals surface area contributed by atoms with Crippen LogP contribution in [0.15, 0.2) is 6.07 Å². The molecule has 1 fully saturated rings. The number of nitrogens with two attached hydrogens (primary N) is 1. The molecular weight excluding hydrogens is 282 g/mol. The van der Waals surface area contributed by atoms with Crippen LogP contribution in [0, 0.1) is 0 Å². The molecule has 0 amide bonds. The molecule has 1 aliphatic carbocycles. The van der Waals surface area contributed by atoms with Gasteiger partial charge in [0.05, 0.1) is 11.7 Å². The Kier molecular flexibility index (Phi) is 4.70. The Labute approximate surface area is 131 Å². The molecule has 1 atom stereocenters. The van der Waals surface area contributed by atoms with E-state index in [1.165, 1.54) is 36.9 Å². The van der Waals surface area contributed by atoms with E-state index < -0.39 is 0 Å². The molecule has 0 spiro atoms. The first-order valence-electron chi connectivity index (χ1n) is 7.92. The van der Waals surface area contributed by atoms with Crippen LogP contribution in [-0.2, 0) is 17.6 Å². The molecule has 2 heterocycles. The molecule has 1 aliphatic heterocycles. The number of rotatable bonds is 5. The molecule has 1 unspecified atom stereocenters. The van der Waals surface area contributed by atoms with Crippen molar-refractivity contribution in [3.63, 3.8) is 0 Å². The minimum atomic E-state index is 0.392. The van der Waals surface area contributed by atoms with Crippen LogP contribution in [0.1, 0.15) is 48.9 Å². The zero-order valence-corrected chi connectivity index (χ0v) is 13.2. The van der Waals surface area contributed by atoms with Crippen LogP contribution < -0.4 is 11.1 Å². The van der Waals surface area contributed by atoms with Crippen molar-refractivity contribution in [2.24, 2.45) is 5.73 Å². The van der Waals surface area contributed by atoms with E-state index in [2.05, 4.69) is 11.4 Å². The van der Waals surface area contributed by atoms with E-state index in [4.69, 9.17) is 27.7 Å². The maximum absolute atomic E-state index is 5.87. The lowest BCUT2D eigenvalue weighted by molar-refractivity contribution is 0.107. The van der Waals surface area contributed by atoms with Crippen LogP contribution in [-0.4, -0.2) is 29.2 Å². The van der Waals surface area contributed by atoms with E-state index in [-0.39, 0.29) is 0 Å². The van der Waals surface area contributed by atoms with Crippen LogP contribution in [0.3, 0.4) is 0 Å². The molecule has 3 N–H and O–H groups in total. The van der Waals surface area contributed by atoms with Gasteiger partial charge in [-0.2, -0.15) is 0 Å². The van der Waals surface area contributed by atoms with Gasteiger partial charge >= 0.3 is 0 Å². The third-order valence-electron chi connectivity index (χ3n) is 4.35. The lowest BCUT2D eigenvalue weighted by Gasteiger charge is -2.19. The summed E-state index contributed by atoms with van der Waals surface area (Å²) in [5.41, 5.74) is 9.28. The van der Waals surface area contributed by atoms with E-state index >= 15 is 0 Å². The number of fused-ring (bicyclic) bond motifs is 1. The number of anilines is 1. The fourth-order valence-corrected chi connectivity index (χ4v) is 3.34. The van der Waals surface area contributed by atoms with Gasteiger partial charge in [0.2, 0.25) is 0 Å². The van der Waals surface area contributed by atoms with Crippen LogP contribution >= 0.6 is 12.2 Å². The molecule has 21 heavy (non-hydrogen) atoms. The summed E-state index contributed by atoms with van der Waals surface area (Å²) in [6.07, 6.45) is 8.36. The third kappa shape index (κ3) is 3.52. The van der Waals surface area contributed by atoms with Gasteiger partial charge < -0.3 is 15.8 Å². The average molecular weight is 305 g/mol. The zero-order chi connectivity index (χ0) is 14.7. The van der Waals surface area contributed by atoms with Crippen LogP contribution in [0.2, 0.25) is 0 Å². The Morgan fingerprint density at radius 1 is 1.38 bits per heavy atom. The molecule has 114 valence electrons. The maximum Gasteiger partial charge on any atom is 0.136 e. The fourth-order valence-electron chi connectivity index (χ4n) is 3.18. The summed E-state index contributed by atoms with van der Waals surface area (Å²) in [6.45, 7) is 1.76. The van der Waals surface area contributed by atoms with Gasteiger partial charge in [-0.1, -0.05) is 12.2 Å². The van der Waals surface area contributed by atoms with Crippen molar-refractivity contribution in [3.8, 4) is 0 Å². The molecule has 1 saturated heterocycles. The van der Waals surface area contributed by atoms with Crippen molar-refractivity contribution in [1.29, 1.82) is 0 Å². The van der Waals surface area contributed by atoms with Gasteiger partial charge in [0.25, 0.3) is 0 Å². The van der Waals surface area contributed by atoms with Crippen molar-refractivity contribution in [1.82, 2.24) is 4.98 Å². The minimum Gasteiger partial charge on any atom is -0.389 e. The first-order valence-corrected chi connectivity index (χ1v) is 8.33. The van der Waals surface area contributed by atoms with Crippen LogP contribution in [0.25, 0.3) is 0 Å². The highest BCUT2D eigenvalue weighted by Gasteiger charge is 2.18. The lowest BCUT2D eigenvalue weighted by atomic mass is 9.94. The second kappa shape index (κ2) is 6.71. The van der Waals surface area contributed by atoms with E-state index in [1.807, 2.05) is 0 Å². The molecule has 1 aromatic rings. The van der Waals surface area contributed by atoms with E-state index in [0.717, 1.165) is 43.8 Å². The van der Waals surface area contributed by atoms with Crippen molar-refractivity contribution < 1.29 is 4.74 Å². The third-order valence-corrected chi connectivity index (χ3v) is 4.57. The number of hydrogen-bond donors (Lipinski definition) is 2. The Balaban J connectivity index is 1.71. The molecule has 0 bridgehead atoms. The van der Waals surface area contributed by atoms with Crippen molar-refractivity contribution in [2.75, 3.05) is 18.5 Å². The number of nitrogens with zero attached hydrogens (tertiary/aromatic N) is 1. The van der Waals surface area contributed by atoms with Gasteiger partial charge in [0.15, 0.2) is 0 Å². The largest absolute Gasteiger partial charge is 0.389 e. The second-order valence-corrected chi connectivity index (χ2v) is 6.35. The number of thiocarbonyl (C=S) groups is 1. The van der Waals surface area contributed by atoms with Crippen molar-refractivity contribution >= 4 is 23.0 Å². The van der Waals surface area contributed by atoms with Crippen molar-refractivity contribution in [2.45, 2.75) is 51.0 Å². The highest BCUT2D eigenvalue weighted by atomic mass is 32.1. The number of hydrogen-bond acceptors (Lipinski definition) is 4. The zero-order valence-electron chi connectivity index (χ0n) is 12.4. The predicted octanol–water partition coefficient (Wildman–Crippen LogP) is 2.58. The summed E-state index contributed by atoms with van der Waals surface area (Å²) in [6, 6.07) is 2.14. The smallest absolute Gasteiger partial charge is 0.136 e. The van der Waals surface area contributed by atoms with Crippen LogP contribution in [0.5, 0.6) is 0 Å². The predicted molar refractivity (Wildman–Crippen MR) is 88.8 cm³/mol. The summed E-state index contributed by atoms with van der Waals surface area (Å²) in [7, 11) is 0. The number of pyridine rings is 1. The molecule has 0 radical (unpaired) electrons. The summed E-state index contributed by atoms with van der Waals surface area (Å²) >= 11 is 5.19. The van der Waals surface area contributed by atoms with Gasteiger partial charge in [0.1, 0.15) is 10.8 Å². The molecule has 0 aromatic carbocycles. The molecule has 0 saturated carbocycles. The van der Waals surface area contributed by atoms with E-state index in [9.17, 15) is 0 Å². The lowest BCUT2D eigenvalue weighted by Crippen LogP contribution is -2.20. The summed E-state index contributed by atoms with van der Waals surface area (Å²) in [5.74, 6) is 0.848. The average Bonchev–Trinajstić information content (AvgIpc) is 2.99. The number of ether oxygens (including phenoxy) is 1. The molecule has 4 nitrogen and oxygen atoms in total. The Bertz CT molecular complexity index is 526. The summed E-state index contributed by atoms with van der Waals surface area (Å²) in [5, 5.41) is 3.41. The second-order valence-electron chi connectivity index (χ2n) is 5.91. The molecule has 5 heteroatoms. The first-order chi connectivity index (χ1) is 10.2. The minimum absolute atomic E-state index is 0.392. The standard InChI is InChI=1S/C16H23N3OS/c17-15(21)13-10-11-4-1-2-6-14(11)19-16(13)18-8-7-12-5-3-9-20-12/h10,12H,1-9H2,(H2,17,21)(H,18,19). The Hall–Kier alpha value is -1.20. The van der Waals surface area contributed by atoms with E-state index in [1.54, 1.807) is 0 Å². The van der Waals surface area contributed by atoms with Gasteiger partial charge in [-0.05, 0) is 56.6 Å². The van der Waals surface area contributed by atoms with Gasteiger partial charge in [-0.15, -0.1) is 0 Å². The maximum atomic E-state index is 5.87. The van der Waals surface area contributed by atoms with Crippen LogP contribution in [0.4, 0.5) is 5.82 Å².